The van der Waals surface area contributed by atoms with Crippen LogP contribution in [0.25, 0.3) is 0 Å². The molecule has 0 spiro atoms. The van der Waals surface area contributed by atoms with Gasteiger partial charge in [-0.3, -0.25) is 4.79 Å². The zero-order chi connectivity index (χ0) is 11.6. The second-order valence-electron chi connectivity index (χ2n) is 4.40. The van der Waals surface area contributed by atoms with Crippen molar-refractivity contribution >= 4 is 15.9 Å². The van der Waals surface area contributed by atoms with Gasteiger partial charge in [-0.2, -0.15) is 0 Å². The van der Waals surface area contributed by atoms with Crippen LogP contribution in [0.4, 0.5) is 0 Å². The van der Waals surface area contributed by atoms with Gasteiger partial charge < -0.3 is 9.67 Å². The molecule has 0 atom stereocenters. The van der Waals surface area contributed by atoms with Crippen molar-refractivity contribution in [3.8, 4) is 0 Å². The second kappa shape index (κ2) is 4.49. The summed E-state index contributed by atoms with van der Waals surface area (Å²) < 4.78 is 2.51. The number of hydrogen-bond donors (Lipinski definition) is 1. The van der Waals surface area contributed by atoms with E-state index in [2.05, 4.69) is 15.9 Å². The molecule has 1 rings (SSSR count). The Kier molecular flexibility index (Phi) is 3.73. The van der Waals surface area contributed by atoms with E-state index < -0.39 is 5.60 Å². The van der Waals surface area contributed by atoms with Crippen molar-refractivity contribution in [2.24, 2.45) is 0 Å². The Hall–Kier alpha value is -0.610. The standard InChI is InChI=1S/C11H16BrNO2/c1-8-6-9(12)7-13(10(8)14)5-4-11(2,3)15/h6-7,15H,4-5H2,1-3H3. The van der Waals surface area contributed by atoms with E-state index in [9.17, 15) is 9.90 Å². The van der Waals surface area contributed by atoms with Crippen LogP contribution in [0.5, 0.6) is 0 Å². The van der Waals surface area contributed by atoms with Gasteiger partial charge in [0, 0.05) is 22.8 Å². The summed E-state index contributed by atoms with van der Waals surface area (Å²) in [4.78, 5) is 11.7. The molecule has 1 aromatic heterocycles. The van der Waals surface area contributed by atoms with Crippen LogP contribution < -0.4 is 5.56 Å². The zero-order valence-electron chi connectivity index (χ0n) is 9.25. The molecule has 1 heterocycles. The molecule has 3 nitrogen and oxygen atoms in total. The molecule has 1 aromatic rings. The summed E-state index contributed by atoms with van der Waals surface area (Å²) in [6.07, 6.45) is 2.31. The summed E-state index contributed by atoms with van der Waals surface area (Å²) in [5, 5.41) is 9.58. The number of nitrogens with zero attached hydrogens (tertiary/aromatic N) is 1. The lowest BCUT2D eigenvalue weighted by Crippen LogP contribution is -2.27. The monoisotopic (exact) mass is 273 g/mol. The summed E-state index contributed by atoms with van der Waals surface area (Å²) in [7, 11) is 0. The van der Waals surface area contributed by atoms with Gasteiger partial charge in [-0.05, 0) is 49.2 Å². The topological polar surface area (TPSA) is 42.2 Å². The third-order valence-electron chi connectivity index (χ3n) is 2.20. The van der Waals surface area contributed by atoms with E-state index in [-0.39, 0.29) is 5.56 Å². The van der Waals surface area contributed by atoms with Crippen molar-refractivity contribution in [1.29, 1.82) is 0 Å². The number of aryl methyl sites for hydroxylation is 2. The molecule has 4 heteroatoms. The van der Waals surface area contributed by atoms with Crippen molar-refractivity contribution in [1.82, 2.24) is 4.57 Å². The largest absolute Gasteiger partial charge is 0.390 e. The molecule has 0 aromatic carbocycles. The summed E-state index contributed by atoms with van der Waals surface area (Å²) in [5.74, 6) is 0. The predicted octanol–water partition coefficient (Wildman–Crippen LogP) is 2.08. The fourth-order valence-electron chi connectivity index (χ4n) is 1.30. The molecule has 0 unspecified atom stereocenters. The van der Waals surface area contributed by atoms with Crippen LogP contribution in [0.2, 0.25) is 0 Å². The number of halogens is 1. The number of pyridine rings is 1. The molecule has 84 valence electrons. The number of hydrogen-bond acceptors (Lipinski definition) is 2. The van der Waals surface area contributed by atoms with E-state index in [4.69, 9.17) is 0 Å². The Bertz CT molecular complexity index is 404. The van der Waals surface area contributed by atoms with Crippen LogP contribution in [-0.4, -0.2) is 15.3 Å². The van der Waals surface area contributed by atoms with E-state index in [0.717, 1.165) is 4.47 Å². The average Bonchev–Trinajstić information content (AvgIpc) is 2.07. The Labute approximate surface area is 97.9 Å². The van der Waals surface area contributed by atoms with Gasteiger partial charge in [-0.1, -0.05) is 0 Å². The smallest absolute Gasteiger partial charge is 0.253 e. The molecule has 0 amide bonds. The Balaban J connectivity index is 2.91. The lowest BCUT2D eigenvalue weighted by Gasteiger charge is -2.17. The van der Waals surface area contributed by atoms with Crippen molar-refractivity contribution in [2.75, 3.05) is 0 Å². The minimum absolute atomic E-state index is 0.00227. The molecule has 0 fully saturated rings. The summed E-state index contributed by atoms with van der Waals surface area (Å²) in [6.45, 7) is 5.79. The van der Waals surface area contributed by atoms with Crippen LogP contribution in [0.15, 0.2) is 21.5 Å². The lowest BCUT2D eigenvalue weighted by molar-refractivity contribution is 0.0659. The number of rotatable bonds is 3. The van der Waals surface area contributed by atoms with Crippen LogP contribution in [0, 0.1) is 6.92 Å². The third-order valence-corrected chi connectivity index (χ3v) is 2.63. The van der Waals surface area contributed by atoms with Gasteiger partial charge >= 0.3 is 0 Å². The highest BCUT2D eigenvalue weighted by Crippen LogP contribution is 2.11. The van der Waals surface area contributed by atoms with E-state index in [1.165, 1.54) is 0 Å². The molecular weight excluding hydrogens is 258 g/mol. The molecule has 0 aliphatic heterocycles. The Morgan fingerprint density at radius 3 is 2.67 bits per heavy atom. The predicted molar refractivity (Wildman–Crippen MR) is 64.1 cm³/mol. The SMILES string of the molecule is Cc1cc(Br)cn(CCC(C)(C)O)c1=O. The highest BCUT2D eigenvalue weighted by molar-refractivity contribution is 9.10. The van der Waals surface area contributed by atoms with E-state index in [1.54, 1.807) is 37.6 Å². The fourth-order valence-corrected chi connectivity index (χ4v) is 1.89. The summed E-state index contributed by atoms with van der Waals surface area (Å²) >= 11 is 3.35. The lowest BCUT2D eigenvalue weighted by atomic mass is 10.1. The van der Waals surface area contributed by atoms with Crippen LogP contribution in [0.3, 0.4) is 0 Å². The van der Waals surface area contributed by atoms with Gasteiger partial charge in [0.2, 0.25) is 0 Å². The van der Waals surface area contributed by atoms with Crippen LogP contribution in [-0.2, 0) is 6.54 Å². The second-order valence-corrected chi connectivity index (χ2v) is 5.32. The summed E-state index contributed by atoms with van der Waals surface area (Å²) in [6, 6.07) is 1.79. The van der Waals surface area contributed by atoms with Crippen LogP contribution in [0.1, 0.15) is 25.8 Å². The highest BCUT2D eigenvalue weighted by atomic mass is 79.9. The van der Waals surface area contributed by atoms with Crippen molar-refractivity contribution < 1.29 is 5.11 Å². The zero-order valence-corrected chi connectivity index (χ0v) is 10.8. The molecule has 0 saturated carbocycles. The molecule has 0 radical (unpaired) electrons. The first-order valence-corrected chi connectivity index (χ1v) is 5.68. The Morgan fingerprint density at radius 1 is 1.53 bits per heavy atom. The van der Waals surface area contributed by atoms with E-state index >= 15 is 0 Å². The summed E-state index contributed by atoms with van der Waals surface area (Å²) in [5.41, 5.74) is -0.0297. The van der Waals surface area contributed by atoms with E-state index in [0.29, 0.717) is 18.5 Å². The normalized spacial score (nSPS) is 11.8. The van der Waals surface area contributed by atoms with Gasteiger partial charge in [-0.25, -0.2) is 0 Å². The molecule has 1 N–H and O–H groups in total. The minimum atomic E-state index is -0.740. The Morgan fingerprint density at radius 2 is 2.13 bits per heavy atom. The van der Waals surface area contributed by atoms with Gasteiger partial charge in [-0.15, -0.1) is 0 Å². The van der Waals surface area contributed by atoms with Crippen molar-refractivity contribution in [3.63, 3.8) is 0 Å². The first-order chi connectivity index (χ1) is 6.79. The molecule has 0 aliphatic carbocycles. The quantitative estimate of drug-likeness (QED) is 0.917. The van der Waals surface area contributed by atoms with Crippen molar-refractivity contribution in [2.45, 2.75) is 39.3 Å². The minimum Gasteiger partial charge on any atom is -0.390 e. The van der Waals surface area contributed by atoms with Crippen molar-refractivity contribution in [3.05, 3.63) is 32.7 Å². The van der Waals surface area contributed by atoms with Crippen LogP contribution >= 0.6 is 15.9 Å². The van der Waals surface area contributed by atoms with Gasteiger partial charge in [0.05, 0.1) is 5.60 Å². The molecule has 15 heavy (non-hydrogen) atoms. The molecule has 0 bridgehead atoms. The maximum absolute atomic E-state index is 11.7. The molecular formula is C11H16BrNO2. The third kappa shape index (κ3) is 3.80. The number of aromatic nitrogens is 1. The maximum Gasteiger partial charge on any atom is 0.253 e. The maximum atomic E-state index is 11.7. The fraction of sp³-hybridized carbons (Fsp3) is 0.545. The first-order valence-electron chi connectivity index (χ1n) is 4.88. The molecule has 0 aliphatic rings. The highest BCUT2D eigenvalue weighted by Gasteiger charge is 2.13. The van der Waals surface area contributed by atoms with Gasteiger partial charge in [0.15, 0.2) is 0 Å². The van der Waals surface area contributed by atoms with Gasteiger partial charge in [0.1, 0.15) is 0 Å². The molecule has 0 saturated heterocycles. The first kappa shape index (κ1) is 12.5. The van der Waals surface area contributed by atoms with Gasteiger partial charge in [0.25, 0.3) is 5.56 Å². The average molecular weight is 274 g/mol. The van der Waals surface area contributed by atoms with E-state index in [1.807, 2.05) is 0 Å². The number of aliphatic hydroxyl groups is 1.